The van der Waals surface area contributed by atoms with Crippen LogP contribution in [0.15, 0.2) is 79.0 Å². The average molecular weight is 467 g/mol. The molecule has 7 nitrogen and oxygen atoms in total. The predicted molar refractivity (Wildman–Crippen MR) is 135 cm³/mol. The van der Waals surface area contributed by atoms with Crippen molar-refractivity contribution < 1.29 is 14.3 Å². The van der Waals surface area contributed by atoms with Crippen LogP contribution in [0.1, 0.15) is 25.0 Å². The van der Waals surface area contributed by atoms with E-state index in [2.05, 4.69) is 21.7 Å². The van der Waals surface area contributed by atoms with Gasteiger partial charge in [-0.2, -0.15) is 5.26 Å². The maximum absolute atomic E-state index is 13.3. The highest BCUT2D eigenvalue weighted by molar-refractivity contribution is 5.98. The van der Waals surface area contributed by atoms with E-state index in [1.807, 2.05) is 30.5 Å². The van der Waals surface area contributed by atoms with Crippen LogP contribution in [0.3, 0.4) is 0 Å². The summed E-state index contributed by atoms with van der Waals surface area (Å²) in [5.41, 5.74) is 3.01. The number of hydrogen-bond acceptors (Lipinski definition) is 4. The molecule has 35 heavy (non-hydrogen) atoms. The smallest absolute Gasteiger partial charge is 0.247 e. The van der Waals surface area contributed by atoms with Crippen molar-refractivity contribution in [1.82, 2.24) is 10.3 Å². The Balaban J connectivity index is 1.51. The molecule has 0 aliphatic rings. The van der Waals surface area contributed by atoms with Crippen LogP contribution in [0.25, 0.3) is 10.9 Å². The molecule has 7 heteroatoms. The maximum atomic E-state index is 13.3. The van der Waals surface area contributed by atoms with Gasteiger partial charge in [-0.15, -0.1) is 0 Å². The Morgan fingerprint density at radius 1 is 0.971 bits per heavy atom. The first-order chi connectivity index (χ1) is 16.9. The molecule has 0 fully saturated rings. The van der Waals surface area contributed by atoms with Crippen molar-refractivity contribution in [3.63, 3.8) is 0 Å². The number of carbonyl (C=O) groups excluding carboxylic acids is 2. The number of anilines is 1. The first-order valence-electron chi connectivity index (χ1n) is 11.4. The van der Waals surface area contributed by atoms with Crippen LogP contribution in [0.4, 0.5) is 5.69 Å². The zero-order valence-electron chi connectivity index (χ0n) is 19.5. The fraction of sp³-hybridized carbons (Fsp3) is 0.179. The Hall–Kier alpha value is -4.57. The molecule has 0 bridgehead atoms. The number of benzene rings is 3. The fourth-order valence-electron chi connectivity index (χ4n) is 3.67. The number of fused-ring (bicyclic) bond motifs is 1. The zero-order chi connectivity index (χ0) is 24.8. The molecule has 176 valence electrons. The summed E-state index contributed by atoms with van der Waals surface area (Å²) in [6.07, 6.45) is 2.22. The number of carbonyl (C=O) groups is 2. The summed E-state index contributed by atoms with van der Waals surface area (Å²) >= 11 is 0. The van der Waals surface area contributed by atoms with Crippen molar-refractivity contribution >= 4 is 28.4 Å². The van der Waals surface area contributed by atoms with Gasteiger partial charge in [0.2, 0.25) is 11.8 Å². The molecule has 0 aliphatic heterocycles. The van der Waals surface area contributed by atoms with Crippen molar-refractivity contribution in [3.8, 4) is 17.6 Å². The van der Waals surface area contributed by atoms with Gasteiger partial charge in [0, 0.05) is 41.2 Å². The van der Waals surface area contributed by atoms with Crippen molar-refractivity contribution in [1.29, 1.82) is 5.26 Å². The Morgan fingerprint density at radius 3 is 2.49 bits per heavy atom. The minimum atomic E-state index is -0.757. The van der Waals surface area contributed by atoms with Crippen LogP contribution in [-0.4, -0.2) is 22.8 Å². The summed E-state index contributed by atoms with van der Waals surface area (Å²) in [6.45, 7) is 3.58. The third kappa shape index (κ3) is 5.87. The molecule has 1 aromatic heterocycles. The summed E-state index contributed by atoms with van der Waals surface area (Å²) < 4.78 is 5.86. The number of aromatic amines is 1. The third-order valence-electron chi connectivity index (χ3n) is 5.58. The molecule has 1 heterocycles. The van der Waals surface area contributed by atoms with Gasteiger partial charge in [0.1, 0.15) is 17.5 Å². The van der Waals surface area contributed by atoms with Crippen LogP contribution in [0.2, 0.25) is 0 Å². The lowest BCUT2D eigenvalue weighted by molar-refractivity contribution is -0.128. The van der Waals surface area contributed by atoms with Crippen molar-refractivity contribution in [2.24, 2.45) is 5.92 Å². The van der Waals surface area contributed by atoms with Crippen LogP contribution in [0.5, 0.6) is 11.5 Å². The van der Waals surface area contributed by atoms with E-state index in [1.165, 1.54) is 0 Å². The lowest BCUT2D eigenvalue weighted by Gasteiger charge is -2.20. The summed E-state index contributed by atoms with van der Waals surface area (Å²) in [6, 6.07) is 23.0. The number of rotatable bonds is 8. The summed E-state index contributed by atoms with van der Waals surface area (Å²) in [5, 5.41) is 15.7. The number of hydrogen-bond donors (Lipinski definition) is 3. The Bertz CT molecular complexity index is 1380. The third-order valence-corrected chi connectivity index (χ3v) is 5.58. The van der Waals surface area contributed by atoms with Gasteiger partial charge in [-0.05, 0) is 48.0 Å². The molecule has 0 saturated heterocycles. The van der Waals surface area contributed by atoms with Gasteiger partial charge in [0.25, 0.3) is 0 Å². The topological polar surface area (TPSA) is 107 Å². The van der Waals surface area contributed by atoms with E-state index in [-0.39, 0.29) is 17.7 Å². The number of amides is 2. The van der Waals surface area contributed by atoms with Gasteiger partial charge in [0.05, 0.1) is 11.6 Å². The highest BCUT2D eigenvalue weighted by Gasteiger charge is 2.24. The molecule has 3 N–H and O–H groups in total. The SMILES string of the molecule is CC(C)C(=O)NC(Cc1c[nH]c2ccccc12)C(=O)Nc1cccc(Oc2ccc(C#N)cc2)c1. The van der Waals surface area contributed by atoms with E-state index in [1.54, 1.807) is 62.4 Å². The number of para-hydroxylation sites is 1. The molecule has 1 unspecified atom stereocenters. The Labute approximate surface area is 203 Å². The second-order valence-corrected chi connectivity index (χ2v) is 8.53. The van der Waals surface area contributed by atoms with Gasteiger partial charge in [0.15, 0.2) is 0 Å². The summed E-state index contributed by atoms with van der Waals surface area (Å²) in [5.74, 6) is 0.348. The van der Waals surface area contributed by atoms with E-state index >= 15 is 0 Å². The maximum Gasteiger partial charge on any atom is 0.247 e. The molecule has 0 aliphatic carbocycles. The van der Waals surface area contributed by atoms with Crippen LogP contribution in [-0.2, 0) is 16.0 Å². The molecule has 0 saturated carbocycles. The molecule has 1 atom stereocenters. The second kappa shape index (κ2) is 10.6. The zero-order valence-corrected chi connectivity index (χ0v) is 19.5. The van der Waals surface area contributed by atoms with Crippen LogP contribution in [0, 0.1) is 17.2 Å². The van der Waals surface area contributed by atoms with Gasteiger partial charge >= 0.3 is 0 Å². The molecule has 3 aromatic carbocycles. The quantitative estimate of drug-likeness (QED) is 0.334. The van der Waals surface area contributed by atoms with Crippen LogP contribution >= 0.6 is 0 Å². The first-order valence-corrected chi connectivity index (χ1v) is 11.4. The minimum Gasteiger partial charge on any atom is -0.457 e. The monoisotopic (exact) mass is 466 g/mol. The predicted octanol–water partition coefficient (Wildman–Crippen LogP) is 5.15. The van der Waals surface area contributed by atoms with E-state index in [9.17, 15) is 9.59 Å². The fourth-order valence-corrected chi connectivity index (χ4v) is 3.67. The molecular weight excluding hydrogens is 440 g/mol. The summed E-state index contributed by atoms with van der Waals surface area (Å²) in [7, 11) is 0. The van der Waals surface area contributed by atoms with Crippen LogP contribution < -0.4 is 15.4 Å². The standard InChI is InChI=1S/C28H26N4O3/c1-18(2)27(33)32-26(14-20-17-30-25-9-4-3-8-24(20)25)28(34)31-21-6-5-7-23(15-21)35-22-12-10-19(16-29)11-13-22/h3-13,15,17-18,26,30H,14H2,1-2H3,(H,31,34)(H,32,33). The number of nitrogens with zero attached hydrogens (tertiary/aromatic N) is 1. The Kier molecular flexibility index (Phi) is 7.12. The second-order valence-electron chi connectivity index (χ2n) is 8.53. The highest BCUT2D eigenvalue weighted by Crippen LogP contribution is 2.25. The van der Waals surface area contributed by atoms with Crippen molar-refractivity contribution in [3.05, 3.63) is 90.1 Å². The lowest BCUT2D eigenvalue weighted by atomic mass is 10.0. The van der Waals surface area contributed by atoms with Gasteiger partial charge in [-0.3, -0.25) is 9.59 Å². The van der Waals surface area contributed by atoms with E-state index in [4.69, 9.17) is 10.00 Å². The molecule has 4 aromatic rings. The summed E-state index contributed by atoms with van der Waals surface area (Å²) in [4.78, 5) is 28.9. The Morgan fingerprint density at radius 2 is 1.74 bits per heavy atom. The number of ether oxygens (including phenoxy) is 1. The number of nitriles is 1. The van der Waals surface area contributed by atoms with Gasteiger partial charge in [-0.25, -0.2) is 0 Å². The van der Waals surface area contributed by atoms with E-state index in [0.717, 1.165) is 16.5 Å². The van der Waals surface area contributed by atoms with E-state index < -0.39 is 6.04 Å². The molecule has 4 rings (SSSR count). The normalized spacial score (nSPS) is 11.6. The number of aromatic nitrogens is 1. The molecule has 2 amide bonds. The highest BCUT2D eigenvalue weighted by atomic mass is 16.5. The molecular formula is C28H26N4O3. The van der Waals surface area contributed by atoms with Gasteiger partial charge < -0.3 is 20.4 Å². The van der Waals surface area contributed by atoms with E-state index in [0.29, 0.717) is 29.2 Å². The lowest BCUT2D eigenvalue weighted by Crippen LogP contribution is -2.46. The number of nitrogens with one attached hydrogen (secondary N) is 3. The number of H-pyrrole nitrogens is 1. The van der Waals surface area contributed by atoms with Crippen molar-refractivity contribution in [2.75, 3.05) is 5.32 Å². The first kappa shape index (κ1) is 23.6. The largest absolute Gasteiger partial charge is 0.457 e. The molecule has 0 spiro atoms. The minimum absolute atomic E-state index is 0.192. The average Bonchev–Trinajstić information content (AvgIpc) is 3.27. The molecule has 0 radical (unpaired) electrons. The van der Waals surface area contributed by atoms with Gasteiger partial charge in [-0.1, -0.05) is 38.1 Å². The van der Waals surface area contributed by atoms with Crippen molar-refractivity contribution in [2.45, 2.75) is 26.3 Å².